The fraction of sp³-hybridized carbons (Fsp3) is 0.583. The molecule has 1 heterocycles. The Kier molecular flexibility index (Phi) is 8.84. The second kappa shape index (κ2) is 11.6. The van der Waals surface area contributed by atoms with Crippen LogP contribution >= 0.6 is 11.3 Å². The molecule has 2 unspecified atom stereocenters. The molecule has 4 nitrogen and oxygen atoms in total. The molecule has 0 fully saturated rings. The maximum atomic E-state index is 6.51. The van der Waals surface area contributed by atoms with Crippen LogP contribution in [0.15, 0.2) is 29.6 Å². The Morgan fingerprint density at radius 3 is 2.69 bits per heavy atom. The zero-order valence-electron chi connectivity index (χ0n) is 17.9. The summed E-state index contributed by atoms with van der Waals surface area (Å²) in [6.07, 6.45) is 9.36. The third-order valence-corrected chi connectivity index (χ3v) is 7.01. The van der Waals surface area contributed by atoms with E-state index in [0.29, 0.717) is 5.92 Å². The largest absolute Gasteiger partial charge is 0.493 e. The quantitative estimate of drug-likeness (QED) is 0.483. The Bertz CT molecular complexity index is 733. The van der Waals surface area contributed by atoms with Gasteiger partial charge < -0.3 is 20.5 Å². The Morgan fingerprint density at radius 1 is 1.07 bits per heavy atom. The van der Waals surface area contributed by atoms with E-state index in [4.69, 9.17) is 15.2 Å². The van der Waals surface area contributed by atoms with Crippen LogP contribution in [-0.2, 0) is 12.8 Å². The van der Waals surface area contributed by atoms with Crippen molar-refractivity contribution in [2.75, 3.05) is 27.3 Å². The molecule has 3 N–H and O–H groups in total. The predicted octanol–water partition coefficient (Wildman–Crippen LogP) is 4.91. The van der Waals surface area contributed by atoms with Gasteiger partial charge in [0.1, 0.15) is 0 Å². The van der Waals surface area contributed by atoms with Gasteiger partial charge in [0.25, 0.3) is 0 Å². The number of thiophene rings is 1. The van der Waals surface area contributed by atoms with Crippen LogP contribution in [0.4, 0.5) is 0 Å². The van der Waals surface area contributed by atoms with Crippen molar-refractivity contribution in [1.82, 2.24) is 5.32 Å². The summed E-state index contributed by atoms with van der Waals surface area (Å²) >= 11 is 1.85. The minimum Gasteiger partial charge on any atom is -0.493 e. The number of nitrogens with two attached hydrogens (primary N) is 1. The molecule has 29 heavy (non-hydrogen) atoms. The van der Waals surface area contributed by atoms with E-state index in [-0.39, 0.29) is 6.04 Å². The number of rotatable bonds is 12. The van der Waals surface area contributed by atoms with Crippen molar-refractivity contribution in [3.05, 3.63) is 45.6 Å². The van der Waals surface area contributed by atoms with E-state index in [2.05, 4.69) is 28.9 Å². The number of hydrogen-bond donors (Lipinski definition) is 2. The lowest BCUT2D eigenvalue weighted by molar-refractivity contribution is 0.343. The summed E-state index contributed by atoms with van der Waals surface area (Å²) in [5.74, 6) is 2.16. The number of methoxy groups -OCH3 is 2. The minimum absolute atomic E-state index is 0.250. The lowest BCUT2D eigenvalue weighted by Gasteiger charge is -2.32. The van der Waals surface area contributed by atoms with Crippen LogP contribution in [0.2, 0.25) is 0 Å². The molecular formula is C24H36N2O2S. The van der Waals surface area contributed by atoms with Crippen LogP contribution in [0, 0.1) is 0 Å². The maximum absolute atomic E-state index is 6.51. The van der Waals surface area contributed by atoms with Crippen LogP contribution in [0.25, 0.3) is 0 Å². The summed E-state index contributed by atoms with van der Waals surface area (Å²) in [4.78, 5) is 1.47. The highest BCUT2D eigenvalue weighted by atomic mass is 32.1. The van der Waals surface area contributed by atoms with Gasteiger partial charge in [-0.25, -0.2) is 0 Å². The standard InChI is InChI=1S/C24H36N2O2S/c1-27-23-13-11-19-20(22(25)12-10-21(19)24(23)28-2)9-5-3-4-6-15-26-16-14-18-8-7-17-29-18/h7-8,11,13,17,20,22,26H,3-6,9-10,12,14-16,25H2,1-2H3. The van der Waals surface area contributed by atoms with E-state index in [1.807, 2.05) is 17.4 Å². The summed E-state index contributed by atoms with van der Waals surface area (Å²) < 4.78 is 11.1. The number of fused-ring (bicyclic) bond motifs is 1. The van der Waals surface area contributed by atoms with Gasteiger partial charge in [0.2, 0.25) is 0 Å². The molecule has 1 aliphatic carbocycles. The number of benzene rings is 1. The first kappa shape index (κ1) is 22.1. The highest BCUT2D eigenvalue weighted by molar-refractivity contribution is 7.09. The van der Waals surface area contributed by atoms with Crippen LogP contribution in [0.1, 0.15) is 60.4 Å². The molecule has 3 rings (SSSR count). The molecule has 0 bridgehead atoms. The topological polar surface area (TPSA) is 56.5 Å². The van der Waals surface area contributed by atoms with E-state index in [9.17, 15) is 0 Å². The van der Waals surface area contributed by atoms with Crippen molar-refractivity contribution in [2.45, 2.75) is 63.3 Å². The monoisotopic (exact) mass is 416 g/mol. The second-order valence-electron chi connectivity index (χ2n) is 7.96. The summed E-state index contributed by atoms with van der Waals surface area (Å²) in [5, 5.41) is 5.72. The van der Waals surface area contributed by atoms with E-state index >= 15 is 0 Å². The van der Waals surface area contributed by atoms with E-state index in [1.165, 1.54) is 41.7 Å². The Balaban J connectivity index is 1.38. The van der Waals surface area contributed by atoms with Gasteiger partial charge in [-0.3, -0.25) is 0 Å². The molecule has 160 valence electrons. The molecule has 1 aromatic carbocycles. The molecule has 0 amide bonds. The van der Waals surface area contributed by atoms with Crippen molar-refractivity contribution < 1.29 is 9.47 Å². The first-order chi connectivity index (χ1) is 14.2. The summed E-state index contributed by atoms with van der Waals surface area (Å²) in [7, 11) is 3.43. The minimum atomic E-state index is 0.250. The zero-order valence-corrected chi connectivity index (χ0v) is 18.7. The highest BCUT2D eigenvalue weighted by Crippen LogP contribution is 2.43. The van der Waals surface area contributed by atoms with Gasteiger partial charge >= 0.3 is 0 Å². The van der Waals surface area contributed by atoms with Gasteiger partial charge in [-0.15, -0.1) is 11.3 Å². The third-order valence-electron chi connectivity index (χ3n) is 6.08. The molecule has 1 aliphatic rings. The normalized spacial score (nSPS) is 18.4. The zero-order chi connectivity index (χ0) is 20.5. The first-order valence-electron chi connectivity index (χ1n) is 11.0. The Hall–Kier alpha value is -1.56. The van der Waals surface area contributed by atoms with Gasteiger partial charge in [0, 0.05) is 16.5 Å². The molecule has 2 aromatic rings. The smallest absolute Gasteiger partial charge is 0.164 e. The number of unbranched alkanes of at least 4 members (excludes halogenated alkanes) is 3. The van der Waals surface area contributed by atoms with Crippen molar-refractivity contribution in [3.63, 3.8) is 0 Å². The number of ether oxygens (including phenoxy) is 2. The molecule has 1 aromatic heterocycles. The van der Waals surface area contributed by atoms with Gasteiger partial charge in [0.15, 0.2) is 11.5 Å². The molecule has 0 saturated heterocycles. The van der Waals surface area contributed by atoms with E-state index < -0.39 is 0 Å². The van der Waals surface area contributed by atoms with Crippen LogP contribution < -0.4 is 20.5 Å². The SMILES string of the molecule is COc1ccc2c(c1OC)CCC(N)C2CCCCCCNCCc1cccs1. The van der Waals surface area contributed by atoms with Gasteiger partial charge in [-0.05, 0) is 74.2 Å². The van der Waals surface area contributed by atoms with Crippen LogP contribution in [0.5, 0.6) is 11.5 Å². The number of nitrogens with one attached hydrogen (secondary N) is 1. The summed E-state index contributed by atoms with van der Waals surface area (Å²) in [6.45, 7) is 2.20. The van der Waals surface area contributed by atoms with Crippen molar-refractivity contribution in [1.29, 1.82) is 0 Å². The van der Waals surface area contributed by atoms with Crippen molar-refractivity contribution in [3.8, 4) is 11.5 Å². The third kappa shape index (κ3) is 5.97. The van der Waals surface area contributed by atoms with Crippen LogP contribution in [-0.4, -0.2) is 33.4 Å². The van der Waals surface area contributed by atoms with Crippen molar-refractivity contribution in [2.24, 2.45) is 5.73 Å². The molecule has 0 radical (unpaired) electrons. The summed E-state index contributed by atoms with van der Waals surface area (Å²) in [6, 6.07) is 8.83. The van der Waals surface area contributed by atoms with Gasteiger partial charge in [-0.1, -0.05) is 31.4 Å². The van der Waals surface area contributed by atoms with E-state index in [1.54, 1.807) is 14.2 Å². The molecule has 0 spiro atoms. The average Bonchev–Trinajstić information content (AvgIpc) is 3.26. The Morgan fingerprint density at radius 2 is 1.93 bits per heavy atom. The van der Waals surface area contributed by atoms with E-state index in [0.717, 1.165) is 50.3 Å². The predicted molar refractivity (Wildman–Crippen MR) is 123 cm³/mol. The highest BCUT2D eigenvalue weighted by Gasteiger charge is 2.29. The average molecular weight is 417 g/mol. The summed E-state index contributed by atoms with van der Waals surface area (Å²) in [5.41, 5.74) is 9.18. The van der Waals surface area contributed by atoms with Crippen molar-refractivity contribution >= 4 is 11.3 Å². The maximum Gasteiger partial charge on any atom is 0.164 e. The second-order valence-corrected chi connectivity index (χ2v) is 8.99. The van der Waals surface area contributed by atoms with Crippen LogP contribution in [0.3, 0.4) is 0 Å². The molecule has 5 heteroatoms. The lowest BCUT2D eigenvalue weighted by Crippen LogP contribution is -2.33. The Labute approximate surface area is 179 Å². The number of hydrogen-bond acceptors (Lipinski definition) is 5. The van der Waals surface area contributed by atoms with Gasteiger partial charge in [-0.2, -0.15) is 0 Å². The first-order valence-corrected chi connectivity index (χ1v) is 11.8. The lowest BCUT2D eigenvalue weighted by atomic mass is 9.76. The molecule has 2 atom stereocenters. The molecule has 0 saturated carbocycles. The fourth-order valence-corrected chi connectivity index (χ4v) is 5.19. The fourth-order valence-electron chi connectivity index (χ4n) is 4.48. The van der Waals surface area contributed by atoms with Gasteiger partial charge in [0.05, 0.1) is 14.2 Å². The molecule has 0 aliphatic heterocycles. The molecular weight excluding hydrogens is 380 g/mol.